The molecule has 0 aromatic carbocycles. The first-order valence-electron chi connectivity index (χ1n) is 7.92. The van der Waals surface area contributed by atoms with Gasteiger partial charge in [-0.1, -0.05) is 13.8 Å². The SMILES string of the molecule is CC(=O)[C@H](C(C)C)[C@H]1CC(C2CN[C@H](CO)C2)=C(C(=O)O)N1. The Kier molecular flexibility index (Phi) is 5.24. The minimum atomic E-state index is -0.962. The van der Waals surface area contributed by atoms with Crippen LogP contribution < -0.4 is 10.6 Å². The topological polar surface area (TPSA) is 98.7 Å². The molecule has 1 fully saturated rings. The van der Waals surface area contributed by atoms with Crippen molar-refractivity contribution in [2.24, 2.45) is 17.8 Å². The third-order valence-corrected chi connectivity index (χ3v) is 4.86. The van der Waals surface area contributed by atoms with Crippen LogP contribution in [0.4, 0.5) is 0 Å². The van der Waals surface area contributed by atoms with Crippen LogP contribution in [0.3, 0.4) is 0 Å². The number of carbonyl (C=O) groups excluding carboxylic acids is 1. The summed E-state index contributed by atoms with van der Waals surface area (Å²) in [5, 5.41) is 25.0. The lowest BCUT2D eigenvalue weighted by molar-refractivity contribution is -0.133. The van der Waals surface area contributed by atoms with Crippen molar-refractivity contribution in [2.45, 2.75) is 45.7 Å². The van der Waals surface area contributed by atoms with E-state index < -0.39 is 5.97 Å². The molecule has 0 spiro atoms. The zero-order valence-electron chi connectivity index (χ0n) is 13.4. The Labute approximate surface area is 131 Å². The molecule has 0 bridgehead atoms. The van der Waals surface area contributed by atoms with Gasteiger partial charge in [0.15, 0.2) is 0 Å². The maximum atomic E-state index is 11.9. The Balaban J connectivity index is 2.18. The zero-order valence-corrected chi connectivity index (χ0v) is 13.4. The van der Waals surface area contributed by atoms with E-state index in [1.165, 1.54) is 0 Å². The fourth-order valence-electron chi connectivity index (χ4n) is 3.90. The van der Waals surface area contributed by atoms with Gasteiger partial charge in [-0.15, -0.1) is 0 Å². The average Bonchev–Trinajstić information content (AvgIpc) is 3.03. The molecule has 0 aromatic rings. The summed E-state index contributed by atoms with van der Waals surface area (Å²) in [6.45, 7) is 6.29. The normalized spacial score (nSPS) is 29.8. The first-order valence-corrected chi connectivity index (χ1v) is 7.92. The van der Waals surface area contributed by atoms with E-state index in [0.29, 0.717) is 13.0 Å². The van der Waals surface area contributed by atoms with Gasteiger partial charge in [0.2, 0.25) is 0 Å². The van der Waals surface area contributed by atoms with Crippen molar-refractivity contribution < 1.29 is 19.8 Å². The van der Waals surface area contributed by atoms with E-state index in [0.717, 1.165) is 12.0 Å². The highest BCUT2D eigenvalue weighted by atomic mass is 16.4. The lowest BCUT2D eigenvalue weighted by Gasteiger charge is -2.26. The smallest absolute Gasteiger partial charge is 0.351 e. The highest BCUT2D eigenvalue weighted by Crippen LogP contribution is 2.35. The molecule has 2 aliphatic rings. The number of hydrogen-bond acceptors (Lipinski definition) is 5. The van der Waals surface area contributed by atoms with Crippen LogP contribution in [0.2, 0.25) is 0 Å². The predicted molar refractivity (Wildman–Crippen MR) is 82.2 cm³/mol. The van der Waals surface area contributed by atoms with Crippen LogP contribution in [0.1, 0.15) is 33.6 Å². The van der Waals surface area contributed by atoms with Gasteiger partial charge in [-0.3, -0.25) is 4.79 Å². The van der Waals surface area contributed by atoms with Crippen LogP contribution in [0, 0.1) is 17.8 Å². The Morgan fingerprint density at radius 2 is 2.05 bits per heavy atom. The molecule has 1 unspecified atom stereocenters. The van der Waals surface area contributed by atoms with Gasteiger partial charge in [0.05, 0.1) is 6.61 Å². The van der Waals surface area contributed by atoms with Crippen molar-refractivity contribution in [1.82, 2.24) is 10.6 Å². The van der Waals surface area contributed by atoms with Gasteiger partial charge in [-0.25, -0.2) is 4.79 Å². The number of nitrogens with one attached hydrogen (secondary N) is 2. The van der Waals surface area contributed by atoms with Crippen LogP contribution in [-0.4, -0.2) is 47.2 Å². The van der Waals surface area contributed by atoms with Gasteiger partial charge in [0, 0.05) is 24.5 Å². The van der Waals surface area contributed by atoms with Crippen LogP contribution in [0.5, 0.6) is 0 Å². The Morgan fingerprint density at radius 3 is 2.50 bits per heavy atom. The molecule has 6 heteroatoms. The Morgan fingerprint density at radius 1 is 1.36 bits per heavy atom. The quantitative estimate of drug-likeness (QED) is 0.571. The number of hydrogen-bond donors (Lipinski definition) is 4. The highest BCUT2D eigenvalue weighted by molar-refractivity contribution is 5.88. The number of carboxylic acids is 1. The standard InChI is InChI=1S/C16H26N2O4/c1-8(2)14(9(3)20)13-5-12(15(18-13)16(21)22)10-4-11(7-19)17-6-10/h8,10-11,13-14,17-19H,4-7H2,1-3H3,(H,21,22)/t10?,11-,13+,14-/m0/s1. The van der Waals surface area contributed by atoms with Crippen molar-refractivity contribution in [3.63, 3.8) is 0 Å². The van der Waals surface area contributed by atoms with E-state index in [2.05, 4.69) is 10.6 Å². The first kappa shape index (κ1) is 17.0. The number of Topliss-reactive ketones (excluding diaryl/α,β-unsaturated/α-hetero) is 1. The summed E-state index contributed by atoms with van der Waals surface area (Å²) < 4.78 is 0. The summed E-state index contributed by atoms with van der Waals surface area (Å²) in [5.41, 5.74) is 1.13. The zero-order chi connectivity index (χ0) is 16.4. The average molecular weight is 310 g/mol. The summed E-state index contributed by atoms with van der Waals surface area (Å²) in [6, 6.07) is -0.118. The highest BCUT2D eigenvalue weighted by Gasteiger charge is 2.40. The molecule has 2 heterocycles. The van der Waals surface area contributed by atoms with E-state index in [9.17, 15) is 19.8 Å². The number of rotatable bonds is 6. The van der Waals surface area contributed by atoms with Crippen LogP contribution in [0.25, 0.3) is 0 Å². The summed E-state index contributed by atoms with van der Waals surface area (Å²) in [4.78, 5) is 23.5. The van der Waals surface area contributed by atoms with Gasteiger partial charge in [0.25, 0.3) is 0 Å². The molecule has 22 heavy (non-hydrogen) atoms. The molecule has 0 aliphatic carbocycles. The number of carbonyl (C=O) groups is 2. The largest absolute Gasteiger partial charge is 0.477 e. The van der Waals surface area contributed by atoms with Crippen molar-refractivity contribution in [3.8, 4) is 0 Å². The van der Waals surface area contributed by atoms with Crippen molar-refractivity contribution >= 4 is 11.8 Å². The number of ketones is 1. The molecule has 0 saturated carbocycles. The molecule has 6 nitrogen and oxygen atoms in total. The van der Waals surface area contributed by atoms with Crippen molar-refractivity contribution in [3.05, 3.63) is 11.3 Å². The summed E-state index contributed by atoms with van der Waals surface area (Å²) >= 11 is 0. The van der Waals surface area contributed by atoms with Crippen LogP contribution >= 0.6 is 0 Å². The van der Waals surface area contributed by atoms with E-state index in [4.69, 9.17) is 0 Å². The molecule has 4 N–H and O–H groups in total. The van der Waals surface area contributed by atoms with E-state index in [1.54, 1.807) is 6.92 Å². The first-order chi connectivity index (χ1) is 10.3. The number of aliphatic hydroxyl groups is 1. The maximum absolute atomic E-state index is 11.9. The molecule has 2 rings (SSSR count). The Bertz CT molecular complexity index is 487. The number of aliphatic carboxylic acids is 1. The lowest BCUT2D eigenvalue weighted by atomic mass is 9.82. The Hall–Kier alpha value is -1.40. The number of aliphatic hydroxyl groups excluding tert-OH is 1. The summed E-state index contributed by atoms with van der Waals surface area (Å²) in [5.74, 6) is -0.779. The molecule has 1 saturated heterocycles. The molecule has 0 radical (unpaired) electrons. The van der Waals surface area contributed by atoms with Crippen LogP contribution in [0.15, 0.2) is 11.3 Å². The number of carboxylic acid groups (broad SMARTS) is 1. The second kappa shape index (κ2) is 6.79. The second-order valence-corrected chi connectivity index (χ2v) is 6.76. The van der Waals surface area contributed by atoms with Gasteiger partial charge in [0.1, 0.15) is 11.5 Å². The van der Waals surface area contributed by atoms with Gasteiger partial charge < -0.3 is 20.8 Å². The minimum absolute atomic E-state index is 0.0281. The molecule has 4 atom stereocenters. The monoisotopic (exact) mass is 310 g/mol. The van der Waals surface area contributed by atoms with Crippen LogP contribution in [-0.2, 0) is 9.59 Å². The lowest BCUT2D eigenvalue weighted by Crippen LogP contribution is -2.39. The molecule has 2 aliphatic heterocycles. The summed E-state index contributed by atoms with van der Waals surface area (Å²) in [6.07, 6.45) is 1.33. The molecule has 0 amide bonds. The van der Waals surface area contributed by atoms with Crippen molar-refractivity contribution in [2.75, 3.05) is 13.2 Å². The fraction of sp³-hybridized carbons (Fsp3) is 0.750. The fourth-order valence-corrected chi connectivity index (χ4v) is 3.90. The van der Waals surface area contributed by atoms with E-state index in [-0.39, 0.29) is 47.9 Å². The second-order valence-electron chi connectivity index (χ2n) is 6.76. The third kappa shape index (κ3) is 3.33. The third-order valence-electron chi connectivity index (χ3n) is 4.86. The van der Waals surface area contributed by atoms with Gasteiger partial charge in [-0.2, -0.15) is 0 Å². The van der Waals surface area contributed by atoms with E-state index in [1.807, 2.05) is 13.8 Å². The van der Waals surface area contributed by atoms with Gasteiger partial charge in [-0.05, 0) is 37.2 Å². The van der Waals surface area contributed by atoms with E-state index >= 15 is 0 Å². The minimum Gasteiger partial charge on any atom is -0.477 e. The summed E-state index contributed by atoms with van der Waals surface area (Å²) in [7, 11) is 0. The van der Waals surface area contributed by atoms with Gasteiger partial charge >= 0.3 is 5.97 Å². The molecule has 124 valence electrons. The molecular formula is C16H26N2O4. The maximum Gasteiger partial charge on any atom is 0.351 e. The molecule has 0 aromatic heterocycles. The predicted octanol–water partition coefficient (Wildman–Crippen LogP) is 0.519. The molecular weight excluding hydrogens is 284 g/mol. The van der Waals surface area contributed by atoms with Crippen molar-refractivity contribution in [1.29, 1.82) is 0 Å².